The number of nitrogens with zero attached hydrogens (tertiary/aromatic N) is 3. The molecule has 2 aromatic carbocycles. The number of nitro groups is 1. The molecule has 1 unspecified atom stereocenters. The van der Waals surface area contributed by atoms with Crippen LogP contribution in [0.3, 0.4) is 0 Å². The first-order valence-electron chi connectivity index (χ1n) is 10.5. The van der Waals surface area contributed by atoms with Gasteiger partial charge in [-0.3, -0.25) is 14.9 Å². The van der Waals surface area contributed by atoms with E-state index in [0.29, 0.717) is 16.3 Å². The number of amidine groups is 1. The van der Waals surface area contributed by atoms with Gasteiger partial charge in [-0.2, -0.15) is 13.5 Å². The van der Waals surface area contributed by atoms with Crippen LogP contribution in [0.15, 0.2) is 51.5 Å². The number of aryl methyl sites for hydroxylation is 2. The van der Waals surface area contributed by atoms with Crippen molar-refractivity contribution in [1.29, 1.82) is 0 Å². The molecule has 0 radical (unpaired) electrons. The number of thioether (sulfide) groups is 1. The smallest absolute Gasteiger partial charge is 0.339 e. The van der Waals surface area contributed by atoms with Crippen molar-refractivity contribution >= 4 is 44.9 Å². The molecular formula is C22H24N4O6S2. The van der Waals surface area contributed by atoms with Gasteiger partial charge in [0.2, 0.25) is 5.91 Å². The first-order valence-corrected chi connectivity index (χ1v) is 12.8. The number of benzene rings is 2. The van der Waals surface area contributed by atoms with E-state index >= 15 is 0 Å². The first kappa shape index (κ1) is 25.4. The first-order chi connectivity index (χ1) is 16.1. The van der Waals surface area contributed by atoms with Crippen LogP contribution in [0.2, 0.25) is 0 Å². The van der Waals surface area contributed by atoms with Crippen molar-refractivity contribution in [2.24, 2.45) is 10.2 Å². The Morgan fingerprint density at radius 3 is 2.71 bits per heavy atom. The molecule has 3 rings (SSSR count). The third-order valence-electron chi connectivity index (χ3n) is 4.97. The van der Waals surface area contributed by atoms with Gasteiger partial charge in [0, 0.05) is 17.2 Å². The van der Waals surface area contributed by atoms with E-state index in [1.165, 1.54) is 43.1 Å². The van der Waals surface area contributed by atoms with Crippen LogP contribution in [0.5, 0.6) is 5.75 Å². The molecule has 0 bridgehead atoms. The summed E-state index contributed by atoms with van der Waals surface area (Å²) in [6.07, 6.45) is 4.00. The molecule has 10 nitrogen and oxygen atoms in total. The van der Waals surface area contributed by atoms with Crippen molar-refractivity contribution in [3.05, 3.63) is 63.2 Å². The summed E-state index contributed by atoms with van der Waals surface area (Å²) < 4.78 is 30.9. The number of nitro benzene ring substituents is 1. The number of amides is 1. The fraction of sp³-hybridized carbons (Fsp3) is 0.318. The minimum absolute atomic E-state index is 0.0123. The van der Waals surface area contributed by atoms with Crippen molar-refractivity contribution < 1.29 is 22.3 Å². The summed E-state index contributed by atoms with van der Waals surface area (Å²) in [4.78, 5) is 22.2. The zero-order valence-corrected chi connectivity index (χ0v) is 20.5. The maximum Gasteiger partial charge on any atom is 0.339 e. The molecule has 1 N–H and O–H groups in total. The van der Waals surface area contributed by atoms with Crippen molar-refractivity contribution in [2.75, 3.05) is 0 Å². The van der Waals surface area contributed by atoms with Gasteiger partial charge in [-0.15, -0.1) is 5.10 Å². The van der Waals surface area contributed by atoms with E-state index in [2.05, 4.69) is 22.4 Å². The van der Waals surface area contributed by atoms with Crippen molar-refractivity contribution in [1.82, 2.24) is 5.32 Å². The summed E-state index contributed by atoms with van der Waals surface area (Å²) in [6.45, 7) is 5.39. The summed E-state index contributed by atoms with van der Waals surface area (Å²) in [5.74, 6) is -0.119. The van der Waals surface area contributed by atoms with Gasteiger partial charge in [-0.05, 0) is 38.5 Å². The topological polar surface area (TPSA) is 140 Å². The normalized spacial score (nSPS) is 17.3. The fourth-order valence-corrected chi connectivity index (χ4v) is 5.08. The number of nitrogens with one attached hydrogen (secondary N) is 1. The highest BCUT2D eigenvalue weighted by Gasteiger charge is 2.29. The van der Waals surface area contributed by atoms with Crippen molar-refractivity contribution in [2.45, 2.75) is 50.2 Å². The Bertz CT molecular complexity index is 1270. The Hall–Kier alpha value is -3.25. The summed E-state index contributed by atoms with van der Waals surface area (Å²) in [5.41, 5.74) is 1.18. The molecule has 12 heteroatoms. The van der Waals surface area contributed by atoms with Gasteiger partial charge in [-0.1, -0.05) is 49.2 Å². The predicted octanol–water partition coefficient (Wildman–Crippen LogP) is 4.09. The van der Waals surface area contributed by atoms with E-state index in [1.807, 2.05) is 6.92 Å². The van der Waals surface area contributed by atoms with E-state index in [9.17, 15) is 23.3 Å². The lowest BCUT2D eigenvalue weighted by molar-refractivity contribution is -0.385. The van der Waals surface area contributed by atoms with Crippen LogP contribution in [0.4, 0.5) is 5.69 Å². The fourth-order valence-electron chi connectivity index (χ4n) is 3.13. The van der Waals surface area contributed by atoms with E-state index in [1.54, 1.807) is 12.1 Å². The van der Waals surface area contributed by atoms with Gasteiger partial charge in [-0.25, -0.2) is 0 Å². The Balaban J connectivity index is 1.82. The van der Waals surface area contributed by atoms with Crippen LogP contribution in [-0.4, -0.2) is 35.9 Å². The molecule has 0 saturated carbocycles. The molecule has 180 valence electrons. The molecule has 1 atom stereocenters. The van der Waals surface area contributed by atoms with Crippen LogP contribution in [0.25, 0.3) is 0 Å². The Morgan fingerprint density at radius 2 is 2.00 bits per heavy atom. The lowest BCUT2D eigenvalue weighted by atomic mass is 10.1. The predicted molar refractivity (Wildman–Crippen MR) is 131 cm³/mol. The average Bonchev–Trinajstić information content (AvgIpc) is 3.13. The van der Waals surface area contributed by atoms with E-state index < -0.39 is 15.0 Å². The van der Waals surface area contributed by atoms with Gasteiger partial charge < -0.3 is 9.50 Å². The van der Waals surface area contributed by atoms with E-state index in [0.717, 1.165) is 30.9 Å². The molecule has 0 aliphatic carbocycles. The lowest BCUT2D eigenvalue weighted by Gasteiger charge is -2.10. The molecule has 1 aliphatic rings. The van der Waals surface area contributed by atoms with Crippen molar-refractivity contribution in [3.63, 3.8) is 0 Å². The lowest BCUT2D eigenvalue weighted by Crippen LogP contribution is -2.24. The van der Waals surface area contributed by atoms with Gasteiger partial charge in [0.05, 0.1) is 16.4 Å². The molecule has 0 aromatic heterocycles. The highest BCUT2D eigenvalue weighted by Crippen LogP contribution is 2.27. The second-order valence-corrected chi connectivity index (χ2v) is 10.4. The minimum Gasteiger partial charge on any atom is -0.378 e. The van der Waals surface area contributed by atoms with Crippen LogP contribution in [0.1, 0.15) is 42.9 Å². The highest BCUT2D eigenvalue weighted by atomic mass is 32.2. The van der Waals surface area contributed by atoms with Crippen LogP contribution in [-0.2, 0) is 14.9 Å². The third kappa shape index (κ3) is 6.20. The molecule has 1 heterocycles. The van der Waals surface area contributed by atoms with E-state index in [-0.39, 0.29) is 27.5 Å². The molecule has 2 aromatic rings. The van der Waals surface area contributed by atoms with Gasteiger partial charge in [0.25, 0.3) is 5.69 Å². The Labute approximate surface area is 201 Å². The highest BCUT2D eigenvalue weighted by molar-refractivity contribution is 8.15. The van der Waals surface area contributed by atoms with Gasteiger partial charge in [0.15, 0.2) is 10.9 Å². The second-order valence-electron chi connectivity index (χ2n) is 7.67. The van der Waals surface area contributed by atoms with Crippen LogP contribution in [0, 0.1) is 24.0 Å². The molecule has 1 aliphatic heterocycles. The monoisotopic (exact) mass is 504 g/mol. The second kappa shape index (κ2) is 10.8. The summed E-state index contributed by atoms with van der Waals surface area (Å²) in [6, 6.07) is 8.36. The van der Waals surface area contributed by atoms with Gasteiger partial charge >= 0.3 is 10.1 Å². The standard InChI is InChI=1S/C22H24N4O6S2/c1-4-5-6-20-21(27)24-22(33-20)25-23-13-16-11-14(2)7-10-19(16)32-34(30,31)17-9-8-15(3)18(12-17)26(28)29/h7-13,20H,4-6H2,1-3H3,(H,24,25,27)/b23-13+. The number of carbonyl (C=O) groups is 1. The number of carbonyl (C=O) groups excluding carboxylic acids is 1. The number of hydrogen-bond acceptors (Lipinski definition) is 9. The molecule has 1 fully saturated rings. The maximum absolute atomic E-state index is 12.8. The molecule has 34 heavy (non-hydrogen) atoms. The molecule has 1 amide bonds. The molecule has 1 saturated heterocycles. The van der Waals surface area contributed by atoms with Crippen LogP contribution < -0.4 is 9.50 Å². The summed E-state index contributed by atoms with van der Waals surface area (Å²) in [7, 11) is -4.35. The summed E-state index contributed by atoms with van der Waals surface area (Å²) in [5, 5.41) is 22.1. The Morgan fingerprint density at radius 1 is 1.24 bits per heavy atom. The Kier molecular flexibility index (Phi) is 8.05. The SMILES string of the molecule is CCCCC1S/C(=N/N=C/c2cc(C)ccc2OS(=O)(=O)c2ccc(C)c([N+](=O)[O-])c2)NC1=O. The van der Waals surface area contributed by atoms with Crippen LogP contribution >= 0.6 is 11.8 Å². The quantitative estimate of drug-likeness (QED) is 0.235. The number of hydrogen-bond donors (Lipinski definition) is 1. The van der Waals surface area contributed by atoms with Gasteiger partial charge in [0.1, 0.15) is 4.90 Å². The maximum atomic E-state index is 12.8. The number of unbranched alkanes of at least 4 members (excludes halogenated alkanes) is 1. The average molecular weight is 505 g/mol. The largest absolute Gasteiger partial charge is 0.378 e. The molecule has 0 spiro atoms. The third-order valence-corrected chi connectivity index (χ3v) is 7.34. The minimum atomic E-state index is -4.35. The zero-order valence-electron chi connectivity index (χ0n) is 18.8. The van der Waals surface area contributed by atoms with E-state index in [4.69, 9.17) is 4.18 Å². The zero-order chi connectivity index (χ0) is 24.9. The summed E-state index contributed by atoms with van der Waals surface area (Å²) >= 11 is 1.31. The van der Waals surface area contributed by atoms with Crippen molar-refractivity contribution in [3.8, 4) is 5.75 Å². The molecular weight excluding hydrogens is 480 g/mol. The number of rotatable bonds is 9.